The van der Waals surface area contributed by atoms with Crippen molar-refractivity contribution in [1.29, 1.82) is 5.26 Å². The van der Waals surface area contributed by atoms with Crippen LogP contribution in [0.2, 0.25) is 0 Å². The average Bonchev–Trinajstić information content (AvgIpc) is 2.48. The number of hydrogen-bond acceptors (Lipinski definition) is 4. The Bertz CT molecular complexity index is 450. The fourth-order valence-corrected chi connectivity index (χ4v) is 2.41. The largest absolute Gasteiger partial charge is 0.374 e. The van der Waals surface area contributed by atoms with Crippen LogP contribution >= 0.6 is 0 Å². The van der Waals surface area contributed by atoms with Crippen LogP contribution in [0, 0.1) is 11.3 Å². The Hall–Kier alpha value is -1.41. The van der Waals surface area contributed by atoms with Gasteiger partial charge in [0.1, 0.15) is 0 Å². The molecule has 1 heterocycles. The molecule has 1 aliphatic rings. The average molecular weight is 273 g/mol. The lowest BCUT2D eigenvalue weighted by atomic mass is 10.1. The Balaban J connectivity index is 1.73. The van der Waals surface area contributed by atoms with Crippen LogP contribution in [0.1, 0.15) is 25.0 Å². The van der Waals surface area contributed by atoms with Crippen molar-refractivity contribution in [3.05, 3.63) is 35.4 Å². The maximum atomic E-state index is 8.76. The summed E-state index contributed by atoms with van der Waals surface area (Å²) in [5.41, 5.74) is 1.90. The Morgan fingerprint density at radius 2 is 2.15 bits per heavy atom. The van der Waals surface area contributed by atoms with Gasteiger partial charge in [-0.2, -0.15) is 5.26 Å². The first-order valence-electron chi connectivity index (χ1n) is 7.24. The number of nitrogens with one attached hydrogen (secondary N) is 1. The van der Waals surface area contributed by atoms with Crippen LogP contribution in [0.25, 0.3) is 0 Å². The summed E-state index contributed by atoms with van der Waals surface area (Å²) in [5.74, 6) is 0. The van der Waals surface area contributed by atoms with Gasteiger partial charge in [-0.25, -0.2) is 0 Å². The summed E-state index contributed by atoms with van der Waals surface area (Å²) < 4.78 is 5.79. The van der Waals surface area contributed by atoms with Crippen LogP contribution in [0.5, 0.6) is 0 Å². The molecule has 0 amide bonds. The number of ether oxygens (including phenoxy) is 1. The van der Waals surface area contributed by atoms with E-state index in [0.717, 1.165) is 32.8 Å². The summed E-state index contributed by atoms with van der Waals surface area (Å²) in [6.07, 6.45) is 0.268. The van der Waals surface area contributed by atoms with Crippen LogP contribution in [0.15, 0.2) is 24.3 Å². The van der Waals surface area contributed by atoms with Gasteiger partial charge in [-0.05, 0) is 31.5 Å². The van der Waals surface area contributed by atoms with Crippen LogP contribution in [-0.4, -0.2) is 43.3 Å². The van der Waals surface area contributed by atoms with Gasteiger partial charge in [-0.1, -0.05) is 12.1 Å². The van der Waals surface area contributed by atoms with Crippen molar-refractivity contribution in [2.45, 2.75) is 32.5 Å². The molecule has 1 aromatic rings. The number of morpholine rings is 1. The van der Waals surface area contributed by atoms with Gasteiger partial charge in [0.15, 0.2) is 0 Å². The highest BCUT2D eigenvalue weighted by Crippen LogP contribution is 2.08. The molecule has 0 spiro atoms. The third-order valence-corrected chi connectivity index (χ3v) is 3.68. The molecule has 1 aliphatic heterocycles. The first kappa shape index (κ1) is 15.0. The third-order valence-electron chi connectivity index (χ3n) is 3.68. The highest BCUT2D eigenvalue weighted by Gasteiger charge is 2.21. The van der Waals surface area contributed by atoms with Gasteiger partial charge in [0, 0.05) is 32.2 Å². The first-order chi connectivity index (χ1) is 9.69. The Labute approximate surface area is 121 Å². The van der Waals surface area contributed by atoms with Gasteiger partial charge < -0.3 is 10.1 Å². The molecule has 2 rings (SSSR count). The van der Waals surface area contributed by atoms with Crippen LogP contribution < -0.4 is 5.32 Å². The predicted molar refractivity (Wildman–Crippen MR) is 79.3 cm³/mol. The molecule has 0 aliphatic carbocycles. The Kier molecular flexibility index (Phi) is 5.54. The highest BCUT2D eigenvalue weighted by molar-refractivity contribution is 5.31. The molecule has 1 unspecified atom stereocenters. The molecule has 1 N–H and O–H groups in total. The van der Waals surface area contributed by atoms with E-state index < -0.39 is 0 Å². The van der Waals surface area contributed by atoms with Gasteiger partial charge in [0.05, 0.1) is 24.3 Å². The van der Waals surface area contributed by atoms with Gasteiger partial charge in [0.25, 0.3) is 0 Å². The summed E-state index contributed by atoms with van der Waals surface area (Å²) in [4.78, 5) is 2.46. The number of rotatable bonds is 5. The van der Waals surface area contributed by atoms with E-state index in [1.807, 2.05) is 24.3 Å². The van der Waals surface area contributed by atoms with E-state index in [4.69, 9.17) is 10.00 Å². The second kappa shape index (κ2) is 7.39. The second-order valence-electron chi connectivity index (χ2n) is 5.52. The van der Waals surface area contributed by atoms with Crippen molar-refractivity contribution in [2.75, 3.05) is 26.2 Å². The van der Waals surface area contributed by atoms with Crippen molar-refractivity contribution < 1.29 is 4.74 Å². The molecule has 4 nitrogen and oxygen atoms in total. The molecular weight excluding hydrogens is 250 g/mol. The van der Waals surface area contributed by atoms with Crippen molar-refractivity contribution in [3.8, 4) is 6.07 Å². The van der Waals surface area contributed by atoms with Gasteiger partial charge in [0.2, 0.25) is 0 Å². The molecule has 1 saturated heterocycles. The monoisotopic (exact) mass is 273 g/mol. The molecular formula is C16H23N3O. The summed E-state index contributed by atoms with van der Waals surface area (Å²) in [6, 6.07) is 10.4. The topological polar surface area (TPSA) is 48.3 Å². The number of hydrogen-bond donors (Lipinski definition) is 1. The molecule has 0 saturated carbocycles. The first-order valence-corrected chi connectivity index (χ1v) is 7.24. The standard InChI is InChI=1S/C16H23N3O/c1-13(2)19-7-8-20-16(12-19)11-18-10-15-5-3-14(9-17)4-6-15/h3-6,13,16,18H,7-8,10-12H2,1-2H3. The Morgan fingerprint density at radius 3 is 2.80 bits per heavy atom. The van der Waals surface area contributed by atoms with Gasteiger partial charge in [-0.15, -0.1) is 0 Å². The van der Waals surface area contributed by atoms with E-state index in [0.29, 0.717) is 11.6 Å². The summed E-state index contributed by atoms with van der Waals surface area (Å²) in [5, 5.41) is 12.2. The van der Waals surface area contributed by atoms with Crippen molar-refractivity contribution in [3.63, 3.8) is 0 Å². The van der Waals surface area contributed by atoms with E-state index in [2.05, 4.69) is 30.1 Å². The highest BCUT2D eigenvalue weighted by atomic mass is 16.5. The normalized spacial score (nSPS) is 20.0. The molecule has 0 bridgehead atoms. The fourth-order valence-electron chi connectivity index (χ4n) is 2.41. The maximum absolute atomic E-state index is 8.76. The molecule has 108 valence electrons. The molecule has 20 heavy (non-hydrogen) atoms. The van der Waals surface area contributed by atoms with E-state index in [1.165, 1.54) is 5.56 Å². The second-order valence-corrected chi connectivity index (χ2v) is 5.52. The molecule has 1 atom stereocenters. The lowest BCUT2D eigenvalue weighted by Crippen LogP contribution is -2.48. The smallest absolute Gasteiger partial charge is 0.0991 e. The van der Waals surface area contributed by atoms with E-state index in [1.54, 1.807) is 0 Å². The third kappa shape index (κ3) is 4.31. The van der Waals surface area contributed by atoms with Crippen LogP contribution in [0.3, 0.4) is 0 Å². The van der Waals surface area contributed by atoms with Crippen molar-refractivity contribution >= 4 is 0 Å². The summed E-state index contributed by atoms with van der Waals surface area (Å²) >= 11 is 0. The molecule has 4 heteroatoms. The molecule has 1 aromatic carbocycles. The Morgan fingerprint density at radius 1 is 1.40 bits per heavy atom. The molecule has 1 fully saturated rings. The molecule has 0 radical (unpaired) electrons. The van der Waals surface area contributed by atoms with Crippen LogP contribution in [0.4, 0.5) is 0 Å². The zero-order valence-electron chi connectivity index (χ0n) is 12.3. The number of nitrogens with zero attached hydrogens (tertiary/aromatic N) is 2. The van der Waals surface area contributed by atoms with E-state index in [-0.39, 0.29) is 6.10 Å². The van der Waals surface area contributed by atoms with E-state index >= 15 is 0 Å². The zero-order chi connectivity index (χ0) is 14.4. The number of benzene rings is 1. The lowest BCUT2D eigenvalue weighted by Gasteiger charge is -2.35. The van der Waals surface area contributed by atoms with Gasteiger partial charge in [-0.3, -0.25) is 4.90 Å². The predicted octanol–water partition coefficient (Wildman–Crippen LogP) is 1.76. The minimum absolute atomic E-state index is 0.268. The zero-order valence-corrected chi connectivity index (χ0v) is 12.3. The van der Waals surface area contributed by atoms with Crippen molar-refractivity contribution in [2.24, 2.45) is 0 Å². The number of nitriles is 1. The van der Waals surface area contributed by atoms with Gasteiger partial charge >= 0.3 is 0 Å². The van der Waals surface area contributed by atoms with Crippen LogP contribution in [-0.2, 0) is 11.3 Å². The quantitative estimate of drug-likeness (QED) is 0.888. The fraction of sp³-hybridized carbons (Fsp3) is 0.562. The minimum atomic E-state index is 0.268. The lowest BCUT2D eigenvalue weighted by molar-refractivity contribution is -0.0372. The van der Waals surface area contributed by atoms with E-state index in [9.17, 15) is 0 Å². The summed E-state index contributed by atoms with van der Waals surface area (Å²) in [6.45, 7) is 8.98. The SMILES string of the molecule is CC(C)N1CCOC(CNCc2ccc(C#N)cc2)C1. The minimum Gasteiger partial charge on any atom is -0.374 e. The van der Waals surface area contributed by atoms with Crippen molar-refractivity contribution in [1.82, 2.24) is 10.2 Å². The molecule has 0 aromatic heterocycles. The maximum Gasteiger partial charge on any atom is 0.0991 e. The summed E-state index contributed by atoms with van der Waals surface area (Å²) in [7, 11) is 0.